The van der Waals surface area contributed by atoms with Crippen LogP contribution < -0.4 is 5.32 Å². The van der Waals surface area contributed by atoms with Crippen LogP contribution in [0.4, 0.5) is 9.18 Å². The minimum Gasteiger partial charge on any atom is -0.444 e. The Kier molecular flexibility index (Phi) is 6.04. The number of carbonyl (C=O) groups excluding carboxylic acids is 1. The van der Waals surface area contributed by atoms with Gasteiger partial charge in [0.1, 0.15) is 17.5 Å². The van der Waals surface area contributed by atoms with Gasteiger partial charge in [0.25, 0.3) is 0 Å². The second-order valence-corrected chi connectivity index (χ2v) is 5.63. The number of pyridine rings is 1. The van der Waals surface area contributed by atoms with Crippen molar-refractivity contribution >= 4 is 6.09 Å². The summed E-state index contributed by atoms with van der Waals surface area (Å²) in [6.07, 6.45) is -1.80. The Hall–Kier alpha value is -1.73. The number of nitrogens with zero attached hydrogens (tertiary/aromatic N) is 1. The zero-order valence-corrected chi connectivity index (χ0v) is 12.3. The molecule has 0 radical (unpaired) electrons. The van der Waals surface area contributed by atoms with Crippen molar-refractivity contribution in [3.8, 4) is 0 Å². The molecule has 0 spiro atoms. The number of hydrogen-bond donors (Lipinski definition) is 3. The molecule has 1 amide bonds. The molecular weight excluding hydrogens is 279 g/mol. The third-order valence-corrected chi connectivity index (χ3v) is 2.52. The van der Waals surface area contributed by atoms with Gasteiger partial charge in [0.15, 0.2) is 0 Å². The van der Waals surface area contributed by atoms with Crippen LogP contribution in [0.15, 0.2) is 18.3 Å². The first-order valence-electron chi connectivity index (χ1n) is 6.63. The maximum absolute atomic E-state index is 13.0. The molecule has 21 heavy (non-hydrogen) atoms. The summed E-state index contributed by atoms with van der Waals surface area (Å²) >= 11 is 0. The van der Waals surface area contributed by atoms with Gasteiger partial charge in [-0.25, -0.2) is 9.18 Å². The van der Waals surface area contributed by atoms with Gasteiger partial charge in [0, 0.05) is 12.7 Å². The van der Waals surface area contributed by atoms with E-state index in [-0.39, 0.29) is 18.7 Å². The van der Waals surface area contributed by atoms with Gasteiger partial charge in [-0.3, -0.25) is 4.98 Å². The number of aromatic nitrogens is 1. The van der Waals surface area contributed by atoms with E-state index in [1.165, 1.54) is 6.20 Å². The summed E-state index contributed by atoms with van der Waals surface area (Å²) in [5, 5.41) is 22.1. The molecule has 0 bridgehead atoms. The number of alkyl carbamates (subject to hydrolysis) is 1. The van der Waals surface area contributed by atoms with Crippen molar-refractivity contribution < 1.29 is 24.1 Å². The molecule has 1 heterocycles. The van der Waals surface area contributed by atoms with Crippen molar-refractivity contribution in [3.63, 3.8) is 0 Å². The highest BCUT2D eigenvalue weighted by atomic mass is 19.1. The first-order chi connectivity index (χ1) is 9.69. The lowest BCUT2D eigenvalue weighted by molar-refractivity contribution is 0.00977. The van der Waals surface area contributed by atoms with Gasteiger partial charge in [-0.2, -0.15) is 0 Å². The SMILES string of the molecule is CC(C)(C)OC(=O)NCCC(O)C(O)c1cc(F)ccn1. The van der Waals surface area contributed by atoms with Gasteiger partial charge in [0.05, 0.1) is 11.8 Å². The summed E-state index contributed by atoms with van der Waals surface area (Å²) in [6, 6.07) is 2.20. The van der Waals surface area contributed by atoms with Crippen LogP contribution in [-0.2, 0) is 4.74 Å². The molecule has 2 unspecified atom stereocenters. The molecule has 6 nitrogen and oxygen atoms in total. The summed E-state index contributed by atoms with van der Waals surface area (Å²) in [7, 11) is 0. The second kappa shape index (κ2) is 7.33. The molecule has 3 N–H and O–H groups in total. The molecule has 0 saturated carbocycles. The Morgan fingerprint density at radius 2 is 2.14 bits per heavy atom. The number of aliphatic hydroxyl groups is 2. The van der Waals surface area contributed by atoms with E-state index < -0.39 is 29.7 Å². The van der Waals surface area contributed by atoms with Crippen molar-refractivity contribution in [2.75, 3.05) is 6.54 Å². The van der Waals surface area contributed by atoms with E-state index in [0.717, 1.165) is 12.1 Å². The van der Waals surface area contributed by atoms with E-state index >= 15 is 0 Å². The summed E-state index contributed by atoms with van der Waals surface area (Å²) in [6.45, 7) is 5.32. The fourth-order valence-electron chi connectivity index (χ4n) is 1.57. The van der Waals surface area contributed by atoms with E-state index in [4.69, 9.17) is 4.74 Å². The van der Waals surface area contributed by atoms with Crippen LogP contribution in [0.5, 0.6) is 0 Å². The van der Waals surface area contributed by atoms with Crippen molar-refractivity contribution in [2.45, 2.75) is 45.0 Å². The van der Waals surface area contributed by atoms with Crippen molar-refractivity contribution in [1.82, 2.24) is 10.3 Å². The first-order valence-corrected chi connectivity index (χ1v) is 6.63. The van der Waals surface area contributed by atoms with Gasteiger partial charge in [-0.1, -0.05) is 0 Å². The average molecular weight is 300 g/mol. The number of halogens is 1. The molecule has 0 fully saturated rings. The van der Waals surface area contributed by atoms with Gasteiger partial charge in [0.2, 0.25) is 0 Å². The van der Waals surface area contributed by atoms with Crippen LogP contribution in [0, 0.1) is 5.82 Å². The van der Waals surface area contributed by atoms with Crippen LogP contribution in [0.3, 0.4) is 0 Å². The number of amides is 1. The molecule has 1 rings (SSSR count). The van der Waals surface area contributed by atoms with E-state index in [1.54, 1.807) is 20.8 Å². The number of hydrogen-bond acceptors (Lipinski definition) is 5. The molecule has 0 saturated heterocycles. The van der Waals surface area contributed by atoms with Crippen molar-refractivity contribution in [2.24, 2.45) is 0 Å². The van der Waals surface area contributed by atoms with Gasteiger partial charge in [-0.15, -0.1) is 0 Å². The van der Waals surface area contributed by atoms with E-state index in [0.29, 0.717) is 0 Å². The zero-order valence-electron chi connectivity index (χ0n) is 12.3. The molecule has 0 aromatic carbocycles. The van der Waals surface area contributed by atoms with Gasteiger partial charge in [-0.05, 0) is 39.3 Å². The summed E-state index contributed by atoms with van der Waals surface area (Å²) in [4.78, 5) is 15.2. The highest BCUT2D eigenvalue weighted by molar-refractivity contribution is 5.67. The molecule has 118 valence electrons. The standard InChI is InChI=1S/C14H21FN2O4/c1-14(2,3)21-13(20)17-7-5-11(18)12(19)10-8-9(15)4-6-16-10/h4,6,8,11-12,18-19H,5,7H2,1-3H3,(H,17,20). The number of carbonyl (C=O) groups is 1. The predicted molar refractivity (Wildman–Crippen MR) is 74.0 cm³/mol. The number of aliphatic hydroxyl groups excluding tert-OH is 2. The Morgan fingerprint density at radius 1 is 1.48 bits per heavy atom. The largest absolute Gasteiger partial charge is 0.444 e. The number of nitrogens with one attached hydrogen (secondary N) is 1. The molecule has 0 aliphatic rings. The minimum atomic E-state index is -1.32. The third kappa shape index (κ3) is 6.50. The smallest absolute Gasteiger partial charge is 0.407 e. The Balaban J connectivity index is 2.40. The monoisotopic (exact) mass is 300 g/mol. The van der Waals surface area contributed by atoms with Crippen molar-refractivity contribution in [3.05, 3.63) is 29.8 Å². The van der Waals surface area contributed by atoms with Crippen LogP contribution >= 0.6 is 0 Å². The Morgan fingerprint density at radius 3 is 2.71 bits per heavy atom. The first kappa shape index (κ1) is 17.3. The van der Waals surface area contributed by atoms with Crippen LogP contribution in [0.2, 0.25) is 0 Å². The number of ether oxygens (including phenoxy) is 1. The summed E-state index contributed by atoms with van der Waals surface area (Å²) < 4.78 is 18.0. The third-order valence-electron chi connectivity index (χ3n) is 2.52. The van der Waals surface area contributed by atoms with Crippen molar-refractivity contribution in [1.29, 1.82) is 0 Å². The van der Waals surface area contributed by atoms with Gasteiger partial charge < -0.3 is 20.3 Å². The van der Waals surface area contributed by atoms with E-state index in [2.05, 4.69) is 10.3 Å². The average Bonchev–Trinajstić information content (AvgIpc) is 2.35. The van der Waals surface area contributed by atoms with Crippen LogP contribution in [0.25, 0.3) is 0 Å². The lowest BCUT2D eigenvalue weighted by atomic mass is 10.1. The molecule has 1 aromatic heterocycles. The van der Waals surface area contributed by atoms with Crippen LogP contribution in [-0.4, -0.2) is 39.5 Å². The van der Waals surface area contributed by atoms with Crippen LogP contribution in [0.1, 0.15) is 39.0 Å². The van der Waals surface area contributed by atoms with E-state index in [9.17, 15) is 19.4 Å². The topological polar surface area (TPSA) is 91.7 Å². The Labute approximate surface area is 123 Å². The fourth-order valence-corrected chi connectivity index (χ4v) is 1.57. The highest BCUT2D eigenvalue weighted by Crippen LogP contribution is 2.17. The predicted octanol–water partition coefficient (Wildman–Crippen LogP) is 1.53. The molecule has 1 aromatic rings. The quantitative estimate of drug-likeness (QED) is 0.767. The van der Waals surface area contributed by atoms with E-state index in [1.807, 2.05) is 0 Å². The van der Waals surface area contributed by atoms with Gasteiger partial charge >= 0.3 is 6.09 Å². The number of rotatable bonds is 5. The maximum Gasteiger partial charge on any atom is 0.407 e. The fraction of sp³-hybridized carbons (Fsp3) is 0.571. The normalized spacial score (nSPS) is 14.4. The molecule has 7 heteroatoms. The lowest BCUT2D eigenvalue weighted by Gasteiger charge is -2.21. The second-order valence-electron chi connectivity index (χ2n) is 5.63. The maximum atomic E-state index is 13.0. The highest BCUT2D eigenvalue weighted by Gasteiger charge is 2.21. The summed E-state index contributed by atoms with van der Waals surface area (Å²) in [5.41, 5.74) is -0.562. The molecule has 2 atom stereocenters. The lowest BCUT2D eigenvalue weighted by Crippen LogP contribution is -2.34. The molecular formula is C14H21FN2O4. The zero-order chi connectivity index (χ0) is 16.0. The Bertz CT molecular complexity index is 476. The minimum absolute atomic E-state index is 0.0415. The molecule has 0 aliphatic carbocycles. The molecule has 0 aliphatic heterocycles. The summed E-state index contributed by atoms with van der Waals surface area (Å²) in [5.74, 6) is -0.543.